The van der Waals surface area contributed by atoms with Crippen LogP contribution >= 0.6 is 43.5 Å². The Bertz CT molecular complexity index is 688. The molecule has 21 heavy (non-hydrogen) atoms. The van der Waals surface area contributed by atoms with Gasteiger partial charge in [0.05, 0.1) is 17.0 Å². The predicted octanol–water partition coefficient (Wildman–Crippen LogP) is 6.35. The van der Waals surface area contributed by atoms with Crippen LogP contribution in [0.1, 0.15) is 27.1 Å². The van der Waals surface area contributed by atoms with Crippen molar-refractivity contribution >= 4 is 43.5 Å². The van der Waals surface area contributed by atoms with Gasteiger partial charge in [0, 0.05) is 10.0 Å². The minimum Gasteiger partial charge on any atom is -0.496 e. The van der Waals surface area contributed by atoms with E-state index in [2.05, 4.69) is 31.9 Å². The highest BCUT2D eigenvalue weighted by atomic mass is 79.9. The number of rotatable bonds is 3. The molecule has 112 valence electrons. The lowest BCUT2D eigenvalue weighted by Crippen LogP contribution is -2.03. The standard InChI is InChI=1S/C16H14Br2ClFO/c1-8-6-11(17)9(2)14(16(8)21-3)15(18)10-4-5-13(20)12(19)7-10/h4-7,15H,1-3H3. The molecular formula is C16H14Br2ClFO. The van der Waals surface area contributed by atoms with Gasteiger partial charge in [-0.25, -0.2) is 4.39 Å². The second kappa shape index (κ2) is 6.67. The Morgan fingerprint density at radius 2 is 1.90 bits per heavy atom. The molecule has 0 spiro atoms. The Balaban J connectivity index is 2.62. The van der Waals surface area contributed by atoms with Gasteiger partial charge in [-0.1, -0.05) is 49.5 Å². The number of ether oxygens (including phenoxy) is 1. The third-order valence-electron chi connectivity index (χ3n) is 3.40. The summed E-state index contributed by atoms with van der Waals surface area (Å²) in [6, 6.07) is 6.74. The van der Waals surface area contributed by atoms with E-state index in [0.29, 0.717) is 0 Å². The third kappa shape index (κ3) is 3.27. The average molecular weight is 437 g/mol. The Hall–Kier alpha value is -0.580. The SMILES string of the molecule is COc1c(C)cc(Br)c(C)c1C(Br)c1ccc(F)c(Cl)c1. The highest BCUT2D eigenvalue weighted by molar-refractivity contribution is 9.10. The number of methoxy groups -OCH3 is 1. The zero-order valence-corrected chi connectivity index (χ0v) is 15.7. The van der Waals surface area contributed by atoms with Crippen molar-refractivity contribution in [2.75, 3.05) is 7.11 Å². The van der Waals surface area contributed by atoms with E-state index in [0.717, 1.165) is 32.5 Å². The first kappa shape index (κ1) is 16.8. The van der Waals surface area contributed by atoms with E-state index in [9.17, 15) is 4.39 Å². The van der Waals surface area contributed by atoms with Crippen LogP contribution in [0.4, 0.5) is 4.39 Å². The largest absolute Gasteiger partial charge is 0.496 e. The lowest BCUT2D eigenvalue weighted by molar-refractivity contribution is 0.406. The highest BCUT2D eigenvalue weighted by Gasteiger charge is 2.22. The number of alkyl halides is 1. The molecular weight excluding hydrogens is 422 g/mol. The molecule has 2 rings (SSSR count). The van der Waals surface area contributed by atoms with Crippen LogP contribution in [-0.4, -0.2) is 7.11 Å². The smallest absolute Gasteiger partial charge is 0.141 e. The van der Waals surface area contributed by atoms with Gasteiger partial charge in [0.15, 0.2) is 0 Å². The molecule has 5 heteroatoms. The highest BCUT2D eigenvalue weighted by Crippen LogP contribution is 2.43. The maximum atomic E-state index is 13.3. The van der Waals surface area contributed by atoms with Crippen LogP contribution in [0.3, 0.4) is 0 Å². The fourth-order valence-electron chi connectivity index (χ4n) is 2.29. The molecule has 2 aromatic rings. The van der Waals surface area contributed by atoms with E-state index >= 15 is 0 Å². The maximum Gasteiger partial charge on any atom is 0.141 e. The number of benzene rings is 2. The Morgan fingerprint density at radius 1 is 1.24 bits per heavy atom. The summed E-state index contributed by atoms with van der Waals surface area (Å²) in [6.45, 7) is 4.00. The molecule has 0 aliphatic carbocycles. The van der Waals surface area contributed by atoms with Crippen molar-refractivity contribution in [1.82, 2.24) is 0 Å². The lowest BCUT2D eigenvalue weighted by Gasteiger charge is -2.20. The molecule has 0 fully saturated rings. The lowest BCUT2D eigenvalue weighted by atomic mass is 9.97. The zero-order chi connectivity index (χ0) is 15.7. The zero-order valence-electron chi connectivity index (χ0n) is 11.8. The summed E-state index contributed by atoms with van der Waals surface area (Å²) in [6.07, 6.45) is 0. The monoisotopic (exact) mass is 434 g/mol. The fourth-order valence-corrected chi connectivity index (χ4v) is 3.87. The molecule has 1 unspecified atom stereocenters. The van der Waals surface area contributed by atoms with Crippen molar-refractivity contribution in [3.05, 3.63) is 61.8 Å². The number of hydrogen-bond acceptors (Lipinski definition) is 1. The van der Waals surface area contributed by atoms with Crippen LogP contribution < -0.4 is 4.74 Å². The van der Waals surface area contributed by atoms with Gasteiger partial charge in [0.25, 0.3) is 0 Å². The van der Waals surface area contributed by atoms with Gasteiger partial charge in [-0.15, -0.1) is 0 Å². The first-order valence-corrected chi connectivity index (χ1v) is 8.38. The van der Waals surface area contributed by atoms with Gasteiger partial charge in [-0.05, 0) is 48.7 Å². The summed E-state index contributed by atoms with van der Waals surface area (Å²) >= 11 is 13.1. The van der Waals surface area contributed by atoms with Crippen LogP contribution in [-0.2, 0) is 0 Å². The molecule has 1 nitrogen and oxygen atoms in total. The van der Waals surface area contributed by atoms with E-state index in [-0.39, 0.29) is 9.85 Å². The van der Waals surface area contributed by atoms with Gasteiger partial charge in [-0.3, -0.25) is 0 Å². The van der Waals surface area contributed by atoms with E-state index < -0.39 is 5.82 Å². The topological polar surface area (TPSA) is 9.23 Å². The van der Waals surface area contributed by atoms with Crippen molar-refractivity contribution in [2.45, 2.75) is 18.7 Å². The van der Waals surface area contributed by atoms with E-state index in [4.69, 9.17) is 16.3 Å². The Labute approximate surface area is 145 Å². The van der Waals surface area contributed by atoms with Gasteiger partial charge < -0.3 is 4.74 Å². The van der Waals surface area contributed by atoms with Crippen molar-refractivity contribution < 1.29 is 9.13 Å². The third-order valence-corrected chi connectivity index (χ3v) is 5.50. The summed E-state index contributed by atoms with van der Waals surface area (Å²) < 4.78 is 19.9. The van der Waals surface area contributed by atoms with Crippen LogP contribution in [0.5, 0.6) is 5.75 Å². The summed E-state index contributed by atoms with van der Waals surface area (Å²) in [5.74, 6) is 0.396. The predicted molar refractivity (Wildman–Crippen MR) is 92.3 cm³/mol. The Morgan fingerprint density at radius 3 is 2.48 bits per heavy atom. The van der Waals surface area contributed by atoms with Gasteiger partial charge in [-0.2, -0.15) is 0 Å². The molecule has 0 aromatic heterocycles. The quantitative estimate of drug-likeness (QED) is 0.510. The molecule has 0 N–H and O–H groups in total. The molecule has 2 aromatic carbocycles. The van der Waals surface area contributed by atoms with Crippen LogP contribution in [0.2, 0.25) is 5.02 Å². The van der Waals surface area contributed by atoms with Crippen molar-refractivity contribution in [1.29, 1.82) is 0 Å². The normalized spacial score (nSPS) is 12.3. The molecule has 0 heterocycles. The minimum absolute atomic E-state index is 0.111. The van der Waals surface area contributed by atoms with Crippen LogP contribution in [0, 0.1) is 19.7 Å². The molecule has 0 bridgehead atoms. The minimum atomic E-state index is -0.422. The van der Waals surface area contributed by atoms with Crippen molar-refractivity contribution in [3.63, 3.8) is 0 Å². The van der Waals surface area contributed by atoms with E-state index in [1.54, 1.807) is 19.2 Å². The summed E-state index contributed by atoms with van der Waals surface area (Å²) in [7, 11) is 1.65. The number of halogens is 4. The second-order valence-corrected chi connectivity index (χ2v) is 6.96. The van der Waals surface area contributed by atoms with Gasteiger partial charge in [0.2, 0.25) is 0 Å². The number of hydrogen-bond donors (Lipinski definition) is 0. The van der Waals surface area contributed by atoms with Crippen LogP contribution in [0.15, 0.2) is 28.7 Å². The Kier molecular flexibility index (Phi) is 5.33. The summed E-state index contributed by atoms with van der Waals surface area (Å²) in [5.41, 5.74) is 3.98. The van der Waals surface area contributed by atoms with Crippen molar-refractivity contribution in [2.24, 2.45) is 0 Å². The van der Waals surface area contributed by atoms with E-state index in [1.165, 1.54) is 6.07 Å². The van der Waals surface area contributed by atoms with Gasteiger partial charge in [0.1, 0.15) is 11.6 Å². The number of aryl methyl sites for hydroxylation is 1. The van der Waals surface area contributed by atoms with Crippen molar-refractivity contribution in [3.8, 4) is 5.75 Å². The summed E-state index contributed by atoms with van der Waals surface area (Å²) in [4.78, 5) is -0.137. The maximum absolute atomic E-state index is 13.3. The molecule has 0 saturated carbocycles. The average Bonchev–Trinajstić information content (AvgIpc) is 2.44. The molecule has 0 aliphatic rings. The molecule has 0 saturated heterocycles. The van der Waals surface area contributed by atoms with Crippen LogP contribution in [0.25, 0.3) is 0 Å². The molecule has 0 amide bonds. The fraction of sp³-hybridized carbons (Fsp3) is 0.250. The summed E-state index contributed by atoms with van der Waals surface area (Å²) in [5, 5.41) is 0.111. The van der Waals surface area contributed by atoms with E-state index in [1.807, 2.05) is 19.9 Å². The molecule has 0 aliphatic heterocycles. The molecule has 0 radical (unpaired) electrons. The first-order valence-electron chi connectivity index (χ1n) is 6.29. The van der Waals surface area contributed by atoms with Gasteiger partial charge >= 0.3 is 0 Å². The first-order chi connectivity index (χ1) is 9.86. The molecule has 1 atom stereocenters. The second-order valence-electron chi connectivity index (χ2n) is 4.78.